The highest BCUT2D eigenvalue weighted by Crippen LogP contribution is 2.21. The fourth-order valence-electron chi connectivity index (χ4n) is 1.52. The Kier molecular flexibility index (Phi) is 3.27. The average molecular weight is 184 g/mol. The fourth-order valence-corrected chi connectivity index (χ4v) is 2.21. The van der Waals surface area contributed by atoms with E-state index in [1.807, 2.05) is 6.08 Å². The Balaban J connectivity index is 2.84. The van der Waals surface area contributed by atoms with Crippen LogP contribution in [0.3, 0.4) is 0 Å². The van der Waals surface area contributed by atoms with Crippen molar-refractivity contribution >= 4 is 10.8 Å². The van der Waals surface area contributed by atoms with Crippen molar-refractivity contribution in [2.75, 3.05) is 6.26 Å². The van der Waals surface area contributed by atoms with Gasteiger partial charge in [0.05, 0.1) is 0 Å². The topological polar surface area (TPSA) is 17.1 Å². The van der Waals surface area contributed by atoms with E-state index in [1.165, 1.54) is 0 Å². The molecule has 68 valence electrons. The van der Waals surface area contributed by atoms with Gasteiger partial charge < -0.3 is 0 Å². The zero-order valence-corrected chi connectivity index (χ0v) is 8.73. The molecule has 0 aromatic heterocycles. The van der Waals surface area contributed by atoms with Crippen LogP contribution >= 0.6 is 0 Å². The molecule has 0 N–H and O–H groups in total. The zero-order valence-electron chi connectivity index (χ0n) is 7.91. The molecule has 2 heteroatoms. The summed E-state index contributed by atoms with van der Waals surface area (Å²) in [6.45, 7) is 4.37. The van der Waals surface area contributed by atoms with E-state index in [1.54, 1.807) is 6.26 Å². The smallest absolute Gasteiger partial charge is 0.0494 e. The second-order valence-corrected chi connectivity index (χ2v) is 4.95. The molecule has 0 radical (unpaired) electrons. The lowest BCUT2D eigenvalue weighted by molar-refractivity contribution is 0.548. The Morgan fingerprint density at radius 2 is 2.08 bits per heavy atom. The molecule has 1 nitrogen and oxygen atoms in total. The van der Waals surface area contributed by atoms with E-state index in [4.69, 9.17) is 0 Å². The van der Waals surface area contributed by atoms with Crippen LogP contribution in [0.25, 0.3) is 0 Å². The van der Waals surface area contributed by atoms with Gasteiger partial charge in [0.1, 0.15) is 0 Å². The predicted molar refractivity (Wildman–Crippen MR) is 54.2 cm³/mol. The molecule has 0 aromatic carbocycles. The van der Waals surface area contributed by atoms with E-state index >= 15 is 0 Å². The van der Waals surface area contributed by atoms with Crippen molar-refractivity contribution in [2.24, 2.45) is 11.8 Å². The van der Waals surface area contributed by atoms with E-state index in [2.05, 4.69) is 26.0 Å². The summed E-state index contributed by atoms with van der Waals surface area (Å²) in [5.41, 5.74) is 0. The maximum atomic E-state index is 11.2. The van der Waals surface area contributed by atoms with Gasteiger partial charge in [-0.2, -0.15) is 0 Å². The van der Waals surface area contributed by atoms with E-state index in [-0.39, 0.29) is 0 Å². The summed E-state index contributed by atoms with van der Waals surface area (Å²) in [7, 11) is -0.824. The largest absolute Gasteiger partial charge is 0.255 e. The first-order valence-corrected chi connectivity index (χ1v) is 5.89. The van der Waals surface area contributed by atoms with Gasteiger partial charge in [-0.1, -0.05) is 32.1 Å². The summed E-state index contributed by atoms with van der Waals surface area (Å²) in [5, 5.41) is 0. The van der Waals surface area contributed by atoms with E-state index < -0.39 is 10.8 Å². The van der Waals surface area contributed by atoms with Crippen LogP contribution in [0.4, 0.5) is 0 Å². The minimum Gasteiger partial charge on any atom is -0.255 e. The molecule has 0 fully saturated rings. The maximum absolute atomic E-state index is 11.2. The van der Waals surface area contributed by atoms with Gasteiger partial charge >= 0.3 is 0 Å². The van der Waals surface area contributed by atoms with Crippen LogP contribution in [0.2, 0.25) is 0 Å². The van der Waals surface area contributed by atoms with Crippen LogP contribution in [0.1, 0.15) is 20.3 Å². The van der Waals surface area contributed by atoms with Crippen LogP contribution < -0.4 is 0 Å². The summed E-state index contributed by atoms with van der Waals surface area (Å²) in [6.07, 6.45) is 9.17. The first kappa shape index (κ1) is 9.72. The quantitative estimate of drug-likeness (QED) is 0.612. The Morgan fingerprint density at radius 3 is 2.67 bits per heavy atom. The Bertz CT molecular complexity index is 240. The molecule has 0 saturated heterocycles. The van der Waals surface area contributed by atoms with Gasteiger partial charge in [0.15, 0.2) is 0 Å². The summed E-state index contributed by atoms with van der Waals surface area (Å²) < 4.78 is 11.2. The van der Waals surface area contributed by atoms with E-state index in [0.29, 0.717) is 11.8 Å². The molecular formula is C10H16OS. The lowest BCUT2D eigenvalue weighted by Gasteiger charge is -2.07. The number of hydrogen-bond donors (Lipinski definition) is 0. The lowest BCUT2D eigenvalue weighted by atomic mass is 9.99. The molecule has 0 aliphatic heterocycles. The highest BCUT2D eigenvalue weighted by molar-refractivity contribution is 7.88. The Hall–Kier alpha value is -0.370. The van der Waals surface area contributed by atoms with Crippen LogP contribution in [0.15, 0.2) is 23.1 Å². The Morgan fingerprint density at radius 1 is 1.42 bits per heavy atom. The molecule has 3 unspecified atom stereocenters. The highest BCUT2D eigenvalue weighted by atomic mass is 32.2. The molecular weight excluding hydrogens is 168 g/mol. The van der Waals surface area contributed by atoms with Crippen molar-refractivity contribution in [3.63, 3.8) is 0 Å². The third kappa shape index (κ3) is 2.59. The van der Waals surface area contributed by atoms with Gasteiger partial charge in [-0.25, -0.2) is 0 Å². The molecule has 0 aromatic rings. The van der Waals surface area contributed by atoms with Gasteiger partial charge in [0.2, 0.25) is 0 Å². The van der Waals surface area contributed by atoms with Gasteiger partial charge in [0.25, 0.3) is 0 Å². The summed E-state index contributed by atoms with van der Waals surface area (Å²) in [5.74, 6) is 1.16. The fraction of sp³-hybridized carbons (Fsp3) is 0.600. The number of hydrogen-bond acceptors (Lipinski definition) is 1. The molecule has 12 heavy (non-hydrogen) atoms. The minimum atomic E-state index is -0.824. The second kappa shape index (κ2) is 4.04. The summed E-state index contributed by atoms with van der Waals surface area (Å²) in [6, 6.07) is 0. The van der Waals surface area contributed by atoms with Crippen molar-refractivity contribution < 1.29 is 4.21 Å². The molecule has 0 bridgehead atoms. The molecule has 0 spiro atoms. The monoisotopic (exact) mass is 184 g/mol. The van der Waals surface area contributed by atoms with Crippen molar-refractivity contribution in [3.8, 4) is 0 Å². The third-order valence-corrected chi connectivity index (χ3v) is 3.05. The first-order chi connectivity index (χ1) is 5.59. The number of allylic oxidation sites excluding steroid dienone is 3. The highest BCUT2D eigenvalue weighted by Gasteiger charge is 2.10. The average Bonchev–Trinajstić information content (AvgIpc) is 2.11. The minimum absolute atomic E-state index is 0.550. The van der Waals surface area contributed by atoms with Gasteiger partial charge in [0, 0.05) is 22.0 Å². The second-order valence-electron chi connectivity index (χ2n) is 3.57. The maximum Gasteiger partial charge on any atom is 0.0494 e. The normalized spacial score (nSPS) is 32.4. The van der Waals surface area contributed by atoms with Crippen LogP contribution in [0, 0.1) is 11.8 Å². The summed E-state index contributed by atoms with van der Waals surface area (Å²) >= 11 is 0. The van der Waals surface area contributed by atoms with Gasteiger partial charge in [-0.3, -0.25) is 4.21 Å². The molecule has 1 rings (SSSR count). The molecule has 0 saturated carbocycles. The Labute approximate surface area is 77.0 Å². The molecule has 0 amide bonds. The van der Waals surface area contributed by atoms with Crippen molar-refractivity contribution in [1.82, 2.24) is 0 Å². The van der Waals surface area contributed by atoms with Crippen LogP contribution in [0.5, 0.6) is 0 Å². The van der Waals surface area contributed by atoms with E-state index in [9.17, 15) is 4.21 Å². The SMILES string of the molecule is CC1C=CC(S(C)=O)=CC(C)C1. The van der Waals surface area contributed by atoms with Crippen LogP contribution in [-0.2, 0) is 10.8 Å². The van der Waals surface area contributed by atoms with Gasteiger partial charge in [-0.05, 0) is 18.3 Å². The molecule has 1 aliphatic rings. The zero-order chi connectivity index (χ0) is 9.14. The lowest BCUT2D eigenvalue weighted by Crippen LogP contribution is -1.96. The van der Waals surface area contributed by atoms with E-state index in [0.717, 1.165) is 11.3 Å². The molecule has 3 atom stereocenters. The number of rotatable bonds is 1. The summed E-state index contributed by atoms with van der Waals surface area (Å²) in [4.78, 5) is 0.979. The van der Waals surface area contributed by atoms with Crippen molar-refractivity contribution in [1.29, 1.82) is 0 Å². The van der Waals surface area contributed by atoms with Crippen molar-refractivity contribution in [2.45, 2.75) is 20.3 Å². The van der Waals surface area contributed by atoms with Crippen molar-refractivity contribution in [3.05, 3.63) is 23.1 Å². The third-order valence-electron chi connectivity index (χ3n) is 2.11. The van der Waals surface area contributed by atoms with Crippen LogP contribution in [-0.4, -0.2) is 10.5 Å². The first-order valence-electron chi connectivity index (χ1n) is 4.33. The van der Waals surface area contributed by atoms with Gasteiger partial charge in [-0.15, -0.1) is 0 Å². The molecule has 1 aliphatic carbocycles. The molecule has 0 heterocycles. The standard InChI is InChI=1S/C10H16OS/c1-8-4-5-10(12(3)11)7-9(2)6-8/h4-5,7-9H,6H2,1-3H3. The predicted octanol–water partition coefficient (Wildman–Crippen LogP) is 2.48.